The molecule has 0 aliphatic carbocycles. The number of nitrogens with zero attached hydrogens (tertiary/aromatic N) is 2. The molecule has 1 heterocycles. The number of amides is 1. The minimum Gasteiger partial charge on any atom is -0.494 e. The number of aryl methyl sites for hydroxylation is 3. The van der Waals surface area contributed by atoms with Crippen molar-refractivity contribution in [1.29, 1.82) is 0 Å². The molecular formula is C30H34ClN3O4. The number of halogens is 1. The van der Waals surface area contributed by atoms with Gasteiger partial charge in [-0.05, 0) is 80.3 Å². The van der Waals surface area contributed by atoms with Crippen molar-refractivity contribution in [2.24, 2.45) is 0 Å². The lowest BCUT2D eigenvalue weighted by Crippen LogP contribution is -2.30. The van der Waals surface area contributed by atoms with Crippen LogP contribution < -0.4 is 19.5 Å². The lowest BCUT2D eigenvalue weighted by atomic mass is 10.1. The van der Waals surface area contributed by atoms with E-state index in [4.69, 9.17) is 30.8 Å². The van der Waals surface area contributed by atoms with E-state index >= 15 is 0 Å². The monoisotopic (exact) mass is 535 g/mol. The standard InChI is InChI=1S/C30H34ClN3O4/c1-19-15-23(16-20(2)29(19)31)38-14-8-13-34-25-10-7-6-9-24(25)33-30(34)21(3)32-28(35)18-22-11-12-26(36-4)27(17-22)37-5/h6-7,9-12,15-17,21H,8,13-14,18H2,1-5H3,(H,32,35). The van der Waals surface area contributed by atoms with E-state index in [1.165, 1.54) is 0 Å². The van der Waals surface area contributed by atoms with Gasteiger partial charge in [0.1, 0.15) is 11.6 Å². The second kappa shape index (κ2) is 12.2. The van der Waals surface area contributed by atoms with Crippen molar-refractivity contribution in [2.45, 2.75) is 46.2 Å². The number of hydrogen-bond donors (Lipinski definition) is 1. The summed E-state index contributed by atoms with van der Waals surface area (Å²) in [5.74, 6) is 2.75. The Labute approximate surface area is 228 Å². The molecule has 0 spiro atoms. The molecule has 0 fully saturated rings. The van der Waals surface area contributed by atoms with Crippen LogP contribution in [0, 0.1) is 13.8 Å². The van der Waals surface area contributed by atoms with Gasteiger partial charge in [0, 0.05) is 11.6 Å². The van der Waals surface area contributed by atoms with Crippen LogP contribution in [0.25, 0.3) is 11.0 Å². The Kier molecular flexibility index (Phi) is 8.79. The quantitative estimate of drug-likeness (QED) is 0.231. The molecule has 0 saturated heterocycles. The molecule has 1 atom stereocenters. The second-order valence-corrected chi connectivity index (χ2v) is 9.72. The summed E-state index contributed by atoms with van der Waals surface area (Å²) < 4.78 is 18.8. The Morgan fingerprint density at radius 2 is 1.74 bits per heavy atom. The summed E-state index contributed by atoms with van der Waals surface area (Å²) in [6.07, 6.45) is 0.999. The Hall–Kier alpha value is -3.71. The van der Waals surface area contributed by atoms with E-state index in [-0.39, 0.29) is 18.4 Å². The van der Waals surface area contributed by atoms with Crippen molar-refractivity contribution >= 4 is 28.5 Å². The van der Waals surface area contributed by atoms with Crippen LogP contribution in [0.3, 0.4) is 0 Å². The summed E-state index contributed by atoms with van der Waals surface area (Å²) in [5.41, 5.74) is 4.77. The van der Waals surface area contributed by atoms with Gasteiger partial charge < -0.3 is 24.1 Å². The van der Waals surface area contributed by atoms with Crippen LogP contribution >= 0.6 is 11.6 Å². The van der Waals surface area contributed by atoms with Crippen molar-refractivity contribution in [2.75, 3.05) is 20.8 Å². The third-order valence-electron chi connectivity index (χ3n) is 6.47. The van der Waals surface area contributed by atoms with E-state index in [9.17, 15) is 4.79 Å². The predicted molar refractivity (Wildman–Crippen MR) is 151 cm³/mol. The van der Waals surface area contributed by atoms with Gasteiger partial charge in [0.05, 0.1) is 44.3 Å². The highest BCUT2D eigenvalue weighted by Crippen LogP contribution is 2.28. The van der Waals surface area contributed by atoms with Gasteiger partial charge in [-0.25, -0.2) is 4.98 Å². The van der Waals surface area contributed by atoms with Crippen LogP contribution in [0.5, 0.6) is 17.2 Å². The summed E-state index contributed by atoms with van der Waals surface area (Å²) in [5, 5.41) is 3.88. The molecule has 0 saturated carbocycles. The number of methoxy groups -OCH3 is 2. The molecule has 8 heteroatoms. The number of imidazole rings is 1. The number of aromatic nitrogens is 2. The Morgan fingerprint density at radius 1 is 1.03 bits per heavy atom. The summed E-state index contributed by atoms with van der Waals surface area (Å²) in [6, 6.07) is 17.1. The van der Waals surface area contributed by atoms with Crippen molar-refractivity contribution in [3.63, 3.8) is 0 Å². The number of rotatable bonds is 11. The first-order chi connectivity index (χ1) is 18.3. The molecular weight excluding hydrogens is 502 g/mol. The third kappa shape index (κ3) is 6.22. The van der Waals surface area contributed by atoms with Gasteiger partial charge in [0.2, 0.25) is 5.91 Å². The molecule has 3 aromatic carbocycles. The molecule has 38 heavy (non-hydrogen) atoms. The van der Waals surface area contributed by atoms with Crippen LogP contribution in [0.15, 0.2) is 54.6 Å². The molecule has 0 aliphatic rings. The zero-order valence-corrected chi connectivity index (χ0v) is 23.3. The maximum atomic E-state index is 12.9. The molecule has 7 nitrogen and oxygen atoms in total. The maximum Gasteiger partial charge on any atom is 0.224 e. The fraction of sp³-hybridized carbons (Fsp3) is 0.333. The minimum absolute atomic E-state index is 0.0971. The van der Waals surface area contributed by atoms with Crippen LogP contribution in [0.2, 0.25) is 5.02 Å². The van der Waals surface area contributed by atoms with E-state index in [0.717, 1.165) is 50.7 Å². The van der Waals surface area contributed by atoms with Gasteiger partial charge in [-0.2, -0.15) is 0 Å². The summed E-state index contributed by atoms with van der Waals surface area (Å²) in [7, 11) is 3.17. The molecule has 200 valence electrons. The Morgan fingerprint density at radius 3 is 2.45 bits per heavy atom. The van der Waals surface area contributed by atoms with Gasteiger partial charge in [-0.15, -0.1) is 0 Å². The molecule has 1 unspecified atom stereocenters. The lowest BCUT2D eigenvalue weighted by molar-refractivity contribution is -0.121. The first-order valence-corrected chi connectivity index (χ1v) is 13.0. The number of para-hydroxylation sites is 2. The SMILES string of the molecule is COc1ccc(CC(=O)NC(C)c2nc3ccccc3n2CCCOc2cc(C)c(Cl)c(C)c2)cc1OC. The molecule has 0 radical (unpaired) electrons. The average Bonchev–Trinajstić information content (AvgIpc) is 3.28. The van der Waals surface area contributed by atoms with E-state index in [1.807, 2.05) is 63.2 Å². The van der Waals surface area contributed by atoms with Crippen molar-refractivity contribution in [3.8, 4) is 17.2 Å². The van der Waals surface area contributed by atoms with Crippen molar-refractivity contribution in [1.82, 2.24) is 14.9 Å². The Balaban J connectivity index is 1.43. The van der Waals surface area contributed by atoms with Crippen molar-refractivity contribution < 1.29 is 19.0 Å². The number of ether oxygens (including phenoxy) is 3. The number of benzene rings is 3. The van der Waals surface area contributed by atoms with Gasteiger partial charge in [0.15, 0.2) is 11.5 Å². The number of fused-ring (bicyclic) bond motifs is 1. The fourth-order valence-corrected chi connectivity index (χ4v) is 4.70. The van der Waals surface area contributed by atoms with E-state index in [0.29, 0.717) is 24.7 Å². The predicted octanol–water partition coefficient (Wildman–Crippen LogP) is 6.21. The van der Waals surface area contributed by atoms with E-state index in [1.54, 1.807) is 20.3 Å². The van der Waals surface area contributed by atoms with Gasteiger partial charge in [0.25, 0.3) is 0 Å². The van der Waals surface area contributed by atoms with Crippen LogP contribution in [0.1, 0.15) is 41.9 Å². The fourth-order valence-electron chi connectivity index (χ4n) is 4.59. The van der Waals surface area contributed by atoms with E-state index < -0.39 is 0 Å². The summed E-state index contributed by atoms with van der Waals surface area (Å²) >= 11 is 6.28. The highest BCUT2D eigenvalue weighted by molar-refractivity contribution is 6.32. The van der Waals surface area contributed by atoms with Gasteiger partial charge in [-0.1, -0.05) is 29.8 Å². The number of carbonyl (C=O) groups is 1. The highest BCUT2D eigenvalue weighted by Gasteiger charge is 2.19. The first kappa shape index (κ1) is 27.3. The second-order valence-electron chi connectivity index (χ2n) is 9.34. The lowest BCUT2D eigenvalue weighted by Gasteiger charge is -2.17. The summed E-state index contributed by atoms with van der Waals surface area (Å²) in [6.45, 7) is 7.17. The first-order valence-electron chi connectivity index (χ1n) is 12.7. The number of carbonyl (C=O) groups excluding carboxylic acids is 1. The topological polar surface area (TPSA) is 74.6 Å². The van der Waals surface area contributed by atoms with Crippen molar-refractivity contribution in [3.05, 3.63) is 82.1 Å². The number of hydrogen-bond acceptors (Lipinski definition) is 5. The molecule has 0 aliphatic heterocycles. The highest BCUT2D eigenvalue weighted by atomic mass is 35.5. The maximum absolute atomic E-state index is 12.9. The molecule has 4 rings (SSSR count). The smallest absolute Gasteiger partial charge is 0.224 e. The molecule has 1 amide bonds. The largest absolute Gasteiger partial charge is 0.494 e. The van der Waals surface area contributed by atoms with Gasteiger partial charge >= 0.3 is 0 Å². The van der Waals surface area contributed by atoms with Crippen LogP contribution in [-0.4, -0.2) is 36.3 Å². The normalized spacial score (nSPS) is 11.8. The third-order valence-corrected chi connectivity index (χ3v) is 7.06. The van der Waals surface area contributed by atoms with E-state index in [2.05, 4.69) is 16.0 Å². The average molecular weight is 536 g/mol. The molecule has 4 aromatic rings. The summed E-state index contributed by atoms with van der Waals surface area (Å²) in [4.78, 5) is 17.8. The van der Waals surface area contributed by atoms with Crippen LogP contribution in [-0.2, 0) is 17.8 Å². The molecule has 1 aromatic heterocycles. The Bertz CT molecular complexity index is 1410. The molecule has 1 N–H and O–H groups in total. The van der Waals surface area contributed by atoms with Crippen LogP contribution in [0.4, 0.5) is 0 Å². The number of nitrogens with one attached hydrogen (secondary N) is 1. The minimum atomic E-state index is -0.280. The zero-order valence-electron chi connectivity index (χ0n) is 22.5. The molecule has 0 bridgehead atoms. The van der Waals surface area contributed by atoms with Gasteiger partial charge in [-0.3, -0.25) is 4.79 Å². The zero-order chi connectivity index (χ0) is 27.2.